The second-order valence-electron chi connectivity index (χ2n) is 5.57. The van der Waals surface area contributed by atoms with E-state index in [-0.39, 0.29) is 22.3 Å². The third-order valence-corrected chi connectivity index (χ3v) is 4.82. The maximum absolute atomic E-state index is 11.3. The molecule has 1 atom stereocenters. The number of nitro groups is 1. The molecule has 0 aromatic heterocycles. The Bertz CT molecular complexity index is 684. The summed E-state index contributed by atoms with van der Waals surface area (Å²) in [6, 6.07) is 3.58. The van der Waals surface area contributed by atoms with Gasteiger partial charge in [0, 0.05) is 25.2 Å². The van der Waals surface area contributed by atoms with Crippen LogP contribution in [0, 0.1) is 10.1 Å². The maximum atomic E-state index is 11.3. The molecule has 23 heavy (non-hydrogen) atoms. The van der Waals surface area contributed by atoms with Crippen LogP contribution in [0.2, 0.25) is 0 Å². The van der Waals surface area contributed by atoms with Crippen LogP contribution in [0.3, 0.4) is 0 Å². The Morgan fingerprint density at radius 1 is 1.43 bits per heavy atom. The Kier molecular flexibility index (Phi) is 5.19. The Hall–Kier alpha value is -1.75. The Balaban J connectivity index is 2.16. The summed E-state index contributed by atoms with van der Waals surface area (Å²) < 4.78 is 22.6. The number of aliphatic hydroxyl groups excluding tert-OH is 1. The first-order valence-electron chi connectivity index (χ1n) is 7.18. The average Bonchev–Trinajstić information content (AvgIpc) is 2.46. The summed E-state index contributed by atoms with van der Waals surface area (Å²) >= 11 is 0. The van der Waals surface area contributed by atoms with E-state index >= 15 is 0 Å². The number of nitrogens with zero attached hydrogens (tertiary/aromatic N) is 2. The number of piperidine rings is 1. The van der Waals surface area contributed by atoms with E-state index in [0.717, 1.165) is 18.9 Å². The van der Waals surface area contributed by atoms with Crippen molar-refractivity contribution in [3.63, 3.8) is 0 Å². The van der Waals surface area contributed by atoms with Gasteiger partial charge < -0.3 is 10.4 Å². The zero-order valence-electron chi connectivity index (χ0n) is 12.7. The molecule has 1 saturated heterocycles. The van der Waals surface area contributed by atoms with Crippen LogP contribution in [0.25, 0.3) is 0 Å². The van der Waals surface area contributed by atoms with Crippen molar-refractivity contribution in [3.8, 4) is 0 Å². The first-order chi connectivity index (χ1) is 10.7. The number of nitrogens with one attached hydrogen (secondary N) is 1. The summed E-state index contributed by atoms with van der Waals surface area (Å²) in [5, 5.41) is 28.8. The topological polar surface area (TPSA) is 139 Å². The number of anilines is 1. The van der Waals surface area contributed by atoms with Gasteiger partial charge in [-0.3, -0.25) is 15.0 Å². The number of hydrogen-bond acceptors (Lipinski definition) is 7. The molecule has 10 heteroatoms. The highest BCUT2D eigenvalue weighted by atomic mass is 32.2. The molecule has 1 heterocycles. The van der Waals surface area contributed by atoms with Gasteiger partial charge in [0.2, 0.25) is 10.0 Å². The molecule has 1 unspecified atom stereocenters. The van der Waals surface area contributed by atoms with Crippen LogP contribution in [0.1, 0.15) is 19.8 Å². The van der Waals surface area contributed by atoms with E-state index < -0.39 is 21.2 Å². The van der Waals surface area contributed by atoms with E-state index in [4.69, 9.17) is 5.14 Å². The largest absolute Gasteiger partial charge is 0.379 e. The highest BCUT2D eigenvalue weighted by Crippen LogP contribution is 2.29. The second-order valence-corrected chi connectivity index (χ2v) is 7.13. The average molecular weight is 344 g/mol. The molecule has 2 rings (SSSR count). The summed E-state index contributed by atoms with van der Waals surface area (Å²) in [7, 11) is -3.99. The van der Waals surface area contributed by atoms with E-state index in [2.05, 4.69) is 5.32 Å². The van der Waals surface area contributed by atoms with Crippen LogP contribution in [0.15, 0.2) is 23.1 Å². The van der Waals surface area contributed by atoms with Crippen molar-refractivity contribution in [2.75, 3.05) is 18.4 Å². The van der Waals surface area contributed by atoms with Gasteiger partial charge in [-0.05, 0) is 31.9 Å². The van der Waals surface area contributed by atoms with Crippen molar-refractivity contribution >= 4 is 21.4 Å². The predicted molar refractivity (Wildman–Crippen MR) is 84.4 cm³/mol. The first-order valence-corrected chi connectivity index (χ1v) is 8.73. The number of likely N-dealkylation sites (tertiary alicyclic amines) is 1. The van der Waals surface area contributed by atoms with E-state index in [1.165, 1.54) is 12.1 Å². The molecule has 1 fully saturated rings. The third-order valence-electron chi connectivity index (χ3n) is 3.91. The van der Waals surface area contributed by atoms with Gasteiger partial charge in [0.1, 0.15) is 11.9 Å². The van der Waals surface area contributed by atoms with Crippen LogP contribution in [0.4, 0.5) is 11.4 Å². The van der Waals surface area contributed by atoms with Gasteiger partial charge in [-0.2, -0.15) is 0 Å². The molecule has 0 bridgehead atoms. The quantitative estimate of drug-likeness (QED) is 0.521. The zero-order valence-corrected chi connectivity index (χ0v) is 13.5. The molecular weight excluding hydrogens is 324 g/mol. The van der Waals surface area contributed by atoms with Crippen molar-refractivity contribution < 1.29 is 18.4 Å². The summed E-state index contributed by atoms with van der Waals surface area (Å²) in [5.74, 6) is 0. The number of hydrogen-bond donors (Lipinski definition) is 3. The molecule has 0 amide bonds. The summed E-state index contributed by atoms with van der Waals surface area (Å²) in [6.45, 7) is 3.06. The lowest BCUT2D eigenvalue weighted by Gasteiger charge is -2.34. The van der Waals surface area contributed by atoms with E-state index in [1.807, 2.05) is 4.90 Å². The Morgan fingerprint density at radius 2 is 2.04 bits per heavy atom. The van der Waals surface area contributed by atoms with Crippen LogP contribution >= 0.6 is 0 Å². The summed E-state index contributed by atoms with van der Waals surface area (Å²) in [6.07, 6.45) is 0.928. The van der Waals surface area contributed by atoms with Crippen molar-refractivity contribution in [3.05, 3.63) is 28.3 Å². The minimum Gasteiger partial charge on any atom is -0.379 e. The van der Waals surface area contributed by atoms with Gasteiger partial charge in [0.15, 0.2) is 0 Å². The van der Waals surface area contributed by atoms with Crippen LogP contribution < -0.4 is 10.5 Å². The zero-order chi connectivity index (χ0) is 17.2. The second kappa shape index (κ2) is 6.79. The number of aliphatic hydroxyl groups is 1. The molecule has 0 aliphatic carbocycles. The molecule has 1 aliphatic rings. The highest BCUT2D eigenvalue weighted by Gasteiger charge is 2.25. The van der Waals surface area contributed by atoms with Gasteiger partial charge in [-0.15, -0.1) is 0 Å². The van der Waals surface area contributed by atoms with Gasteiger partial charge in [0.05, 0.1) is 9.82 Å². The molecule has 0 spiro atoms. The first kappa shape index (κ1) is 17.6. The van der Waals surface area contributed by atoms with Crippen molar-refractivity contribution in [2.45, 2.75) is 36.9 Å². The summed E-state index contributed by atoms with van der Waals surface area (Å²) in [4.78, 5) is 12.2. The SMILES string of the molecule is CC(O)N1CCC(Nc2ccc(S(N)(=O)=O)cc2[N+](=O)[O-])CC1. The van der Waals surface area contributed by atoms with Crippen LogP contribution in [-0.4, -0.2) is 48.7 Å². The van der Waals surface area contributed by atoms with Gasteiger partial charge in [-0.25, -0.2) is 13.6 Å². The fraction of sp³-hybridized carbons (Fsp3) is 0.538. The standard InChI is InChI=1S/C13H20N4O5S/c1-9(18)16-6-4-10(5-7-16)15-12-3-2-11(23(14,21)22)8-13(12)17(19)20/h2-3,8-10,15,18H,4-7H2,1H3,(H2,14,21,22). The lowest BCUT2D eigenvalue weighted by Crippen LogP contribution is -2.43. The number of sulfonamides is 1. The van der Waals surface area contributed by atoms with Gasteiger partial charge >= 0.3 is 0 Å². The lowest BCUT2D eigenvalue weighted by atomic mass is 10.0. The third kappa shape index (κ3) is 4.38. The number of benzene rings is 1. The highest BCUT2D eigenvalue weighted by molar-refractivity contribution is 7.89. The van der Waals surface area contributed by atoms with Crippen LogP contribution in [-0.2, 0) is 10.0 Å². The predicted octanol–water partition coefficient (Wildman–Crippen LogP) is 0.457. The van der Waals surface area contributed by atoms with Crippen molar-refractivity contribution in [2.24, 2.45) is 5.14 Å². The molecular formula is C13H20N4O5S. The Morgan fingerprint density at radius 3 is 2.52 bits per heavy atom. The molecule has 9 nitrogen and oxygen atoms in total. The number of nitro benzene ring substituents is 1. The van der Waals surface area contributed by atoms with Gasteiger partial charge in [-0.1, -0.05) is 0 Å². The molecule has 128 valence electrons. The number of nitrogens with two attached hydrogens (primary N) is 1. The molecule has 4 N–H and O–H groups in total. The fourth-order valence-corrected chi connectivity index (χ4v) is 3.13. The fourth-order valence-electron chi connectivity index (χ4n) is 2.60. The summed E-state index contributed by atoms with van der Waals surface area (Å²) in [5.41, 5.74) is -0.0626. The smallest absolute Gasteiger partial charge is 0.293 e. The monoisotopic (exact) mass is 344 g/mol. The minimum atomic E-state index is -3.99. The maximum Gasteiger partial charge on any atom is 0.293 e. The number of rotatable bonds is 5. The number of primary sulfonamides is 1. The molecule has 1 aromatic carbocycles. The molecule has 1 aliphatic heterocycles. The van der Waals surface area contributed by atoms with Gasteiger partial charge in [0.25, 0.3) is 5.69 Å². The van der Waals surface area contributed by atoms with E-state index in [0.29, 0.717) is 13.1 Å². The van der Waals surface area contributed by atoms with Crippen LogP contribution in [0.5, 0.6) is 0 Å². The van der Waals surface area contributed by atoms with E-state index in [9.17, 15) is 23.6 Å². The molecule has 0 saturated carbocycles. The van der Waals surface area contributed by atoms with E-state index in [1.54, 1.807) is 6.92 Å². The van der Waals surface area contributed by atoms with Crippen molar-refractivity contribution in [1.29, 1.82) is 0 Å². The Labute approximate surface area is 134 Å². The normalized spacial score (nSPS) is 18.6. The minimum absolute atomic E-state index is 0.0176. The molecule has 0 radical (unpaired) electrons. The van der Waals surface area contributed by atoms with Crippen molar-refractivity contribution in [1.82, 2.24) is 4.90 Å². The molecule has 1 aromatic rings. The lowest BCUT2D eigenvalue weighted by molar-refractivity contribution is -0.384.